The van der Waals surface area contributed by atoms with Crippen molar-refractivity contribution in [2.75, 3.05) is 17.2 Å². The number of nitrogens with one attached hydrogen (secondary N) is 2. The summed E-state index contributed by atoms with van der Waals surface area (Å²) < 4.78 is 1.73. The van der Waals surface area contributed by atoms with Crippen molar-refractivity contribution in [2.45, 2.75) is 39.4 Å². The Labute approximate surface area is 146 Å². The molecule has 0 aliphatic carbocycles. The molecule has 0 fully saturated rings. The normalized spacial score (nSPS) is 12.3. The molecule has 1 aromatic carbocycles. The summed E-state index contributed by atoms with van der Waals surface area (Å²) in [6, 6.07) is 9.99. The zero-order valence-electron chi connectivity index (χ0n) is 14.5. The topological polar surface area (TPSA) is 101 Å². The molecule has 0 saturated carbocycles. The van der Waals surface area contributed by atoms with E-state index in [0.717, 1.165) is 12.0 Å². The van der Waals surface area contributed by atoms with E-state index >= 15 is 0 Å². The highest BCUT2D eigenvalue weighted by Crippen LogP contribution is 2.21. The Morgan fingerprint density at radius 1 is 1.16 bits per heavy atom. The minimum atomic E-state index is -0.0922. The lowest BCUT2D eigenvalue weighted by Crippen LogP contribution is -2.24. The molecule has 132 valence electrons. The van der Waals surface area contributed by atoms with Crippen molar-refractivity contribution >= 4 is 22.9 Å². The molecule has 1 atom stereocenters. The van der Waals surface area contributed by atoms with Crippen LogP contribution in [0.15, 0.2) is 30.3 Å². The number of hydrogen-bond donors (Lipinski definition) is 3. The van der Waals surface area contributed by atoms with E-state index in [1.807, 2.05) is 44.2 Å². The number of anilines is 2. The summed E-state index contributed by atoms with van der Waals surface area (Å²) in [5, 5.41) is 24.3. The van der Waals surface area contributed by atoms with Crippen molar-refractivity contribution < 1.29 is 5.11 Å². The molecule has 3 aromatic rings. The fourth-order valence-corrected chi connectivity index (χ4v) is 2.50. The number of aryl methyl sites for hydroxylation is 1. The lowest BCUT2D eigenvalue weighted by Gasteiger charge is -2.15. The van der Waals surface area contributed by atoms with E-state index in [4.69, 9.17) is 0 Å². The minimum Gasteiger partial charge on any atom is -0.394 e. The van der Waals surface area contributed by atoms with Crippen LogP contribution in [0.4, 0.5) is 11.8 Å². The molecule has 0 saturated heterocycles. The van der Waals surface area contributed by atoms with Gasteiger partial charge in [-0.25, -0.2) is 4.68 Å². The van der Waals surface area contributed by atoms with Crippen LogP contribution in [0.3, 0.4) is 0 Å². The first kappa shape index (κ1) is 17.1. The van der Waals surface area contributed by atoms with Crippen LogP contribution in [0.25, 0.3) is 11.2 Å². The molecule has 1 unspecified atom stereocenters. The molecule has 0 bridgehead atoms. The summed E-state index contributed by atoms with van der Waals surface area (Å²) in [6.07, 6.45) is 0.774. The van der Waals surface area contributed by atoms with Gasteiger partial charge in [0.1, 0.15) is 0 Å². The molecule has 2 aromatic heterocycles. The zero-order chi connectivity index (χ0) is 17.6. The van der Waals surface area contributed by atoms with Gasteiger partial charge >= 0.3 is 0 Å². The zero-order valence-corrected chi connectivity index (χ0v) is 14.5. The van der Waals surface area contributed by atoms with E-state index in [-0.39, 0.29) is 12.6 Å². The van der Waals surface area contributed by atoms with E-state index in [9.17, 15) is 5.11 Å². The van der Waals surface area contributed by atoms with Crippen molar-refractivity contribution in [3.8, 4) is 0 Å². The second-order valence-electron chi connectivity index (χ2n) is 5.74. The Morgan fingerprint density at radius 3 is 2.64 bits per heavy atom. The lowest BCUT2D eigenvalue weighted by atomic mass is 10.2. The monoisotopic (exact) mass is 341 g/mol. The Morgan fingerprint density at radius 2 is 1.96 bits per heavy atom. The summed E-state index contributed by atoms with van der Waals surface area (Å²) in [5.41, 5.74) is 2.46. The average Bonchev–Trinajstić information content (AvgIpc) is 3.08. The van der Waals surface area contributed by atoms with Gasteiger partial charge in [-0.05, 0) is 18.9 Å². The fourth-order valence-electron chi connectivity index (χ4n) is 2.50. The fraction of sp³-hybridized carbons (Fsp3) is 0.412. The van der Waals surface area contributed by atoms with Gasteiger partial charge in [-0.1, -0.05) is 42.5 Å². The van der Waals surface area contributed by atoms with Crippen LogP contribution in [0.5, 0.6) is 0 Å². The third-order valence-electron chi connectivity index (χ3n) is 4.01. The van der Waals surface area contributed by atoms with Crippen molar-refractivity contribution in [3.63, 3.8) is 0 Å². The smallest absolute Gasteiger partial charge is 0.227 e. The number of aliphatic hydroxyl groups is 1. The Hall–Kier alpha value is -2.74. The van der Waals surface area contributed by atoms with Crippen LogP contribution >= 0.6 is 0 Å². The highest BCUT2D eigenvalue weighted by atomic mass is 16.3. The Balaban J connectivity index is 1.92. The first-order valence-corrected chi connectivity index (χ1v) is 8.51. The predicted molar refractivity (Wildman–Crippen MR) is 97.3 cm³/mol. The summed E-state index contributed by atoms with van der Waals surface area (Å²) in [6.45, 7) is 5.31. The third kappa shape index (κ3) is 3.85. The van der Waals surface area contributed by atoms with Gasteiger partial charge in [-0.2, -0.15) is 9.97 Å². The van der Waals surface area contributed by atoms with Crippen LogP contribution in [0.2, 0.25) is 0 Å². The first-order valence-electron chi connectivity index (χ1n) is 8.51. The maximum absolute atomic E-state index is 9.42. The van der Waals surface area contributed by atoms with E-state index in [0.29, 0.717) is 36.0 Å². The van der Waals surface area contributed by atoms with Gasteiger partial charge in [0.05, 0.1) is 12.6 Å². The Bertz CT molecular complexity index is 814. The average molecular weight is 341 g/mol. The molecule has 8 heteroatoms. The summed E-state index contributed by atoms with van der Waals surface area (Å²) in [5.74, 6) is 1.09. The van der Waals surface area contributed by atoms with Crippen LogP contribution in [0.1, 0.15) is 25.8 Å². The van der Waals surface area contributed by atoms with Crippen molar-refractivity contribution in [3.05, 3.63) is 35.9 Å². The van der Waals surface area contributed by atoms with Crippen molar-refractivity contribution in [1.29, 1.82) is 0 Å². The standard InChI is InChI=1S/C17H23N7O/c1-3-13(11-25)19-17-20-15(18-10-12-8-6-5-7-9-12)14-16(21-17)24(4-2)23-22-14/h5-9,13,25H,3-4,10-11H2,1-2H3,(H2,18,19,20,21). The number of aromatic nitrogens is 5. The molecule has 3 rings (SSSR count). The summed E-state index contributed by atoms with van der Waals surface area (Å²) in [7, 11) is 0. The summed E-state index contributed by atoms with van der Waals surface area (Å²) >= 11 is 0. The number of aliphatic hydroxyl groups excluding tert-OH is 1. The number of benzene rings is 1. The Kier molecular flexibility index (Phi) is 5.39. The van der Waals surface area contributed by atoms with E-state index < -0.39 is 0 Å². The number of hydrogen-bond acceptors (Lipinski definition) is 7. The van der Waals surface area contributed by atoms with Gasteiger partial charge in [0.25, 0.3) is 0 Å². The largest absolute Gasteiger partial charge is 0.394 e. The number of fused-ring (bicyclic) bond motifs is 1. The SMILES string of the molecule is CCC(CO)Nc1nc(NCc2ccccc2)c2nnn(CC)c2n1. The molecule has 0 amide bonds. The highest BCUT2D eigenvalue weighted by Gasteiger charge is 2.15. The van der Waals surface area contributed by atoms with Gasteiger partial charge in [-0.3, -0.25) is 0 Å². The quantitative estimate of drug-likeness (QED) is 0.576. The lowest BCUT2D eigenvalue weighted by molar-refractivity contribution is 0.271. The van der Waals surface area contributed by atoms with E-state index in [1.165, 1.54) is 0 Å². The van der Waals surface area contributed by atoms with Crippen LogP contribution in [-0.4, -0.2) is 42.7 Å². The molecule has 0 radical (unpaired) electrons. The molecular formula is C17H23N7O. The minimum absolute atomic E-state index is 0.0238. The van der Waals surface area contributed by atoms with Crippen LogP contribution < -0.4 is 10.6 Å². The van der Waals surface area contributed by atoms with Gasteiger partial charge in [0.15, 0.2) is 17.0 Å². The van der Waals surface area contributed by atoms with Gasteiger partial charge < -0.3 is 15.7 Å². The van der Waals surface area contributed by atoms with E-state index in [2.05, 4.69) is 30.9 Å². The molecule has 3 N–H and O–H groups in total. The molecular weight excluding hydrogens is 318 g/mol. The van der Waals surface area contributed by atoms with Crippen molar-refractivity contribution in [2.24, 2.45) is 0 Å². The molecule has 0 aliphatic rings. The maximum Gasteiger partial charge on any atom is 0.227 e. The van der Waals surface area contributed by atoms with Crippen LogP contribution in [0, 0.1) is 0 Å². The number of nitrogens with zero attached hydrogens (tertiary/aromatic N) is 5. The highest BCUT2D eigenvalue weighted by molar-refractivity contribution is 5.83. The maximum atomic E-state index is 9.42. The molecule has 0 aliphatic heterocycles. The predicted octanol–water partition coefficient (Wildman–Crippen LogP) is 2.04. The second kappa shape index (κ2) is 7.89. The molecule has 8 nitrogen and oxygen atoms in total. The second-order valence-corrected chi connectivity index (χ2v) is 5.74. The van der Waals surface area contributed by atoms with Gasteiger partial charge in [0, 0.05) is 13.1 Å². The summed E-state index contributed by atoms with van der Waals surface area (Å²) in [4.78, 5) is 9.06. The first-order chi connectivity index (χ1) is 12.2. The van der Waals surface area contributed by atoms with Gasteiger partial charge in [0.2, 0.25) is 5.95 Å². The van der Waals surface area contributed by atoms with Crippen LogP contribution in [-0.2, 0) is 13.1 Å². The molecule has 25 heavy (non-hydrogen) atoms. The van der Waals surface area contributed by atoms with Crippen molar-refractivity contribution in [1.82, 2.24) is 25.0 Å². The third-order valence-corrected chi connectivity index (χ3v) is 4.01. The number of rotatable bonds is 8. The molecule has 2 heterocycles. The van der Waals surface area contributed by atoms with Gasteiger partial charge in [-0.15, -0.1) is 5.10 Å². The van der Waals surface area contributed by atoms with E-state index in [1.54, 1.807) is 4.68 Å². The molecule has 0 spiro atoms.